The van der Waals surface area contributed by atoms with Gasteiger partial charge in [-0.2, -0.15) is 0 Å². The van der Waals surface area contributed by atoms with E-state index >= 15 is 0 Å². The molecular weight excluding hydrogens is 342 g/mol. The maximum atomic E-state index is 12.1. The van der Waals surface area contributed by atoms with Crippen LogP contribution in [0.1, 0.15) is 0 Å². The van der Waals surface area contributed by atoms with Gasteiger partial charge in [0.05, 0.1) is 18.6 Å². The second-order valence-electron chi connectivity index (χ2n) is 5.45. The number of hydrogen-bond acceptors (Lipinski definition) is 5. The lowest BCUT2D eigenvalue weighted by molar-refractivity contribution is -0.114. The summed E-state index contributed by atoms with van der Waals surface area (Å²) in [4.78, 5) is 12.2. The largest absolute Gasteiger partial charge is 0.497 e. The summed E-state index contributed by atoms with van der Waals surface area (Å²) in [6.45, 7) is 0.0526. The van der Waals surface area contributed by atoms with Crippen molar-refractivity contribution in [3.8, 4) is 5.75 Å². The number of ether oxygens (including phenoxy) is 1. The molecule has 0 saturated heterocycles. The van der Waals surface area contributed by atoms with Gasteiger partial charge in [-0.3, -0.25) is 4.79 Å². The zero-order valence-electron chi connectivity index (χ0n) is 14.3. The van der Waals surface area contributed by atoms with E-state index in [0.717, 1.165) is 15.7 Å². The summed E-state index contributed by atoms with van der Waals surface area (Å²) < 4.78 is 30.4. The molecule has 134 valence electrons. The van der Waals surface area contributed by atoms with Crippen molar-refractivity contribution in [2.24, 2.45) is 0 Å². The first kappa shape index (κ1) is 18.8. The zero-order chi connectivity index (χ0) is 18.4. The second-order valence-corrected chi connectivity index (χ2v) is 7.60. The van der Waals surface area contributed by atoms with Crippen LogP contribution in [0.3, 0.4) is 0 Å². The lowest BCUT2D eigenvalue weighted by Crippen LogP contribution is -2.23. The molecule has 2 rings (SSSR count). The van der Waals surface area contributed by atoms with Crippen molar-refractivity contribution in [3.63, 3.8) is 0 Å². The molecule has 0 aliphatic carbocycles. The molecule has 0 spiro atoms. The third-order valence-corrected chi connectivity index (χ3v) is 5.25. The molecule has 0 aliphatic rings. The maximum absolute atomic E-state index is 12.1. The first-order chi connectivity index (χ1) is 11.8. The van der Waals surface area contributed by atoms with E-state index in [4.69, 9.17) is 4.74 Å². The Kier molecular flexibility index (Phi) is 6.00. The Labute approximate surface area is 147 Å². The van der Waals surface area contributed by atoms with Crippen molar-refractivity contribution >= 4 is 27.3 Å². The molecule has 0 heterocycles. The number of nitrogens with one attached hydrogen (secondary N) is 2. The topological polar surface area (TPSA) is 87.7 Å². The predicted molar refractivity (Wildman–Crippen MR) is 97.4 cm³/mol. The molecule has 1 amide bonds. The summed E-state index contributed by atoms with van der Waals surface area (Å²) in [6.07, 6.45) is 0. The fourth-order valence-electron chi connectivity index (χ4n) is 2.04. The standard InChI is InChI=1S/C17H21N3O4S/c1-20(2)25(22,23)16-6-4-5-14(11-16)19-17(21)12-18-13-7-9-15(24-3)10-8-13/h4-11,18H,12H2,1-3H3,(H,19,21). The van der Waals surface area contributed by atoms with Gasteiger partial charge in [0.25, 0.3) is 0 Å². The predicted octanol–water partition coefficient (Wildman–Crippen LogP) is 2.00. The number of methoxy groups -OCH3 is 1. The summed E-state index contributed by atoms with van der Waals surface area (Å²) >= 11 is 0. The molecule has 0 bridgehead atoms. The fraction of sp³-hybridized carbons (Fsp3) is 0.235. The number of amides is 1. The summed E-state index contributed by atoms with van der Waals surface area (Å²) in [7, 11) is 0.957. The zero-order valence-corrected chi connectivity index (χ0v) is 15.1. The fourth-order valence-corrected chi connectivity index (χ4v) is 2.99. The lowest BCUT2D eigenvalue weighted by atomic mass is 10.3. The van der Waals surface area contributed by atoms with Crippen molar-refractivity contribution in [1.82, 2.24) is 4.31 Å². The molecule has 8 heteroatoms. The average molecular weight is 363 g/mol. The molecule has 2 aromatic carbocycles. The van der Waals surface area contributed by atoms with Crippen LogP contribution in [0.4, 0.5) is 11.4 Å². The molecule has 0 aliphatic heterocycles. The van der Waals surface area contributed by atoms with Gasteiger partial charge in [-0.1, -0.05) is 6.07 Å². The Bertz CT molecular complexity index is 833. The van der Waals surface area contributed by atoms with E-state index in [0.29, 0.717) is 5.69 Å². The average Bonchev–Trinajstić information content (AvgIpc) is 2.60. The number of nitrogens with zero attached hydrogens (tertiary/aromatic N) is 1. The Morgan fingerprint density at radius 2 is 1.76 bits per heavy atom. The number of sulfonamides is 1. The molecule has 2 N–H and O–H groups in total. The van der Waals surface area contributed by atoms with Gasteiger partial charge >= 0.3 is 0 Å². The number of carbonyl (C=O) groups is 1. The molecule has 0 unspecified atom stereocenters. The van der Waals surface area contributed by atoms with Crippen molar-refractivity contribution in [1.29, 1.82) is 0 Å². The monoisotopic (exact) mass is 363 g/mol. The maximum Gasteiger partial charge on any atom is 0.243 e. The van der Waals surface area contributed by atoms with Crippen LogP contribution in [0.5, 0.6) is 5.75 Å². The number of carbonyl (C=O) groups excluding carboxylic acids is 1. The Morgan fingerprint density at radius 1 is 1.08 bits per heavy atom. The van der Waals surface area contributed by atoms with E-state index in [1.807, 2.05) is 0 Å². The molecule has 7 nitrogen and oxygen atoms in total. The highest BCUT2D eigenvalue weighted by Gasteiger charge is 2.17. The summed E-state index contributed by atoms with van der Waals surface area (Å²) in [5.74, 6) is 0.448. The van der Waals surface area contributed by atoms with Gasteiger partial charge in [0.1, 0.15) is 5.75 Å². The van der Waals surface area contributed by atoms with Gasteiger partial charge in [-0.15, -0.1) is 0 Å². The number of rotatable bonds is 7. The van der Waals surface area contributed by atoms with E-state index in [2.05, 4.69) is 10.6 Å². The summed E-state index contributed by atoms with van der Waals surface area (Å²) in [6, 6.07) is 13.3. The summed E-state index contributed by atoms with van der Waals surface area (Å²) in [5.41, 5.74) is 1.20. The van der Waals surface area contributed by atoms with Crippen LogP contribution in [0, 0.1) is 0 Å². The SMILES string of the molecule is COc1ccc(NCC(=O)Nc2cccc(S(=O)(=O)N(C)C)c2)cc1. The van der Waals surface area contributed by atoms with Crippen molar-refractivity contribution < 1.29 is 17.9 Å². The minimum absolute atomic E-state index is 0.0526. The molecule has 0 atom stereocenters. The first-order valence-electron chi connectivity index (χ1n) is 7.53. The van der Waals surface area contributed by atoms with Crippen LogP contribution in [0.2, 0.25) is 0 Å². The van der Waals surface area contributed by atoms with E-state index in [9.17, 15) is 13.2 Å². The van der Waals surface area contributed by atoms with Gasteiger partial charge in [0, 0.05) is 25.5 Å². The second kappa shape index (κ2) is 8.00. The van der Waals surface area contributed by atoms with Crippen LogP contribution < -0.4 is 15.4 Å². The molecule has 2 aromatic rings. The molecule has 0 aromatic heterocycles. The minimum atomic E-state index is -3.54. The Hall–Kier alpha value is -2.58. The Balaban J connectivity index is 1.98. The number of benzene rings is 2. The lowest BCUT2D eigenvalue weighted by Gasteiger charge is -2.13. The van der Waals surface area contributed by atoms with Crippen molar-refractivity contribution in [3.05, 3.63) is 48.5 Å². The molecule has 25 heavy (non-hydrogen) atoms. The molecule has 0 saturated carbocycles. The van der Waals surface area contributed by atoms with E-state index in [1.165, 1.54) is 26.2 Å². The third-order valence-electron chi connectivity index (χ3n) is 3.44. The minimum Gasteiger partial charge on any atom is -0.497 e. The van der Waals surface area contributed by atoms with Crippen LogP contribution in [-0.4, -0.2) is 46.4 Å². The molecule has 0 radical (unpaired) electrons. The highest BCUT2D eigenvalue weighted by molar-refractivity contribution is 7.89. The quantitative estimate of drug-likeness (QED) is 0.786. The smallest absolute Gasteiger partial charge is 0.243 e. The first-order valence-corrected chi connectivity index (χ1v) is 8.97. The van der Waals surface area contributed by atoms with Gasteiger partial charge in [-0.25, -0.2) is 12.7 Å². The highest BCUT2D eigenvalue weighted by atomic mass is 32.2. The van der Waals surface area contributed by atoms with Crippen molar-refractivity contribution in [2.75, 3.05) is 38.4 Å². The third kappa shape index (κ3) is 4.94. The van der Waals surface area contributed by atoms with Crippen LogP contribution in [-0.2, 0) is 14.8 Å². The van der Waals surface area contributed by atoms with Crippen LogP contribution >= 0.6 is 0 Å². The molecule has 0 fully saturated rings. The van der Waals surface area contributed by atoms with E-state index < -0.39 is 10.0 Å². The highest BCUT2D eigenvalue weighted by Crippen LogP contribution is 2.18. The van der Waals surface area contributed by atoms with E-state index in [1.54, 1.807) is 43.5 Å². The van der Waals surface area contributed by atoms with Crippen molar-refractivity contribution in [2.45, 2.75) is 4.90 Å². The van der Waals surface area contributed by atoms with Gasteiger partial charge in [-0.05, 0) is 42.5 Å². The molecular formula is C17H21N3O4S. The summed E-state index contributed by atoms with van der Waals surface area (Å²) in [5, 5.41) is 5.66. The van der Waals surface area contributed by atoms with Gasteiger partial charge < -0.3 is 15.4 Å². The Morgan fingerprint density at radius 3 is 2.36 bits per heavy atom. The number of anilines is 2. The van der Waals surface area contributed by atoms with Crippen LogP contribution in [0.25, 0.3) is 0 Å². The van der Waals surface area contributed by atoms with Crippen LogP contribution in [0.15, 0.2) is 53.4 Å². The van der Waals surface area contributed by atoms with Gasteiger partial charge in [0.2, 0.25) is 15.9 Å². The van der Waals surface area contributed by atoms with E-state index in [-0.39, 0.29) is 17.3 Å². The normalized spacial score (nSPS) is 11.2. The number of hydrogen-bond donors (Lipinski definition) is 2. The van der Waals surface area contributed by atoms with Gasteiger partial charge in [0.15, 0.2) is 0 Å².